The highest BCUT2D eigenvalue weighted by molar-refractivity contribution is 9.10. The normalized spacial score (nSPS) is 14.4. The highest BCUT2D eigenvalue weighted by atomic mass is 79.9. The number of hydrogen-bond donors (Lipinski definition) is 1. The van der Waals surface area contributed by atoms with E-state index >= 15 is 0 Å². The molecule has 9 heteroatoms. The van der Waals surface area contributed by atoms with Crippen molar-refractivity contribution in [3.8, 4) is 17.6 Å². The molecule has 1 heterocycles. The molecular weight excluding hydrogens is 526 g/mol. The maximum Gasteiger partial charge on any atom is 0.335 e. The summed E-state index contributed by atoms with van der Waals surface area (Å²) in [5.74, 6) is -0.787. The molecule has 0 radical (unpaired) electrons. The summed E-state index contributed by atoms with van der Waals surface area (Å²) in [6.07, 6.45) is 1.39. The van der Waals surface area contributed by atoms with E-state index in [1.807, 2.05) is 6.07 Å². The van der Waals surface area contributed by atoms with Gasteiger partial charge in [0.05, 0.1) is 28.9 Å². The van der Waals surface area contributed by atoms with Crippen molar-refractivity contribution in [1.82, 2.24) is 5.32 Å². The number of nitriles is 1. The van der Waals surface area contributed by atoms with Crippen molar-refractivity contribution < 1.29 is 23.9 Å². The van der Waals surface area contributed by atoms with Gasteiger partial charge in [-0.1, -0.05) is 36.4 Å². The average Bonchev–Trinajstić information content (AvgIpc) is 2.86. The number of para-hydroxylation sites is 1. The first-order chi connectivity index (χ1) is 17.3. The number of halogens is 1. The molecule has 0 unspecified atom stereocenters. The van der Waals surface area contributed by atoms with E-state index in [2.05, 4.69) is 27.3 Å². The lowest BCUT2D eigenvalue weighted by molar-refractivity contribution is -0.122. The number of ether oxygens (including phenoxy) is 2. The summed E-state index contributed by atoms with van der Waals surface area (Å²) in [5.41, 5.74) is 2.58. The molecule has 180 valence electrons. The number of rotatable bonds is 6. The van der Waals surface area contributed by atoms with Crippen molar-refractivity contribution in [2.24, 2.45) is 0 Å². The fourth-order valence-electron chi connectivity index (χ4n) is 3.73. The Morgan fingerprint density at radius 1 is 1.08 bits per heavy atom. The van der Waals surface area contributed by atoms with E-state index in [1.54, 1.807) is 61.5 Å². The van der Waals surface area contributed by atoms with Gasteiger partial charge in [-0.15, -0.1) is 0 Å². The van der Waals surface area contributed by atoms with Crippen LogP contribution < -0.4 is 19.7 Å². The molecule has 1 aliphatic heterocycles. The monoisotopic (exact) mass is 545 g/mol. The Hall–Kier alpha value is -4.42. The van der Waals surface area contributed by atoms with Gasteiger partial charge in [0.25, 0.3) is 11.8 Å². The predicted molar refractivity (Wildman–Crippen MR) is 136 cm³/mol. The second-order valence-corrected chi connectivity index (χ2v) is 8.69. The van der Waals surface area contributed by atoms with E-state index < -0.39 is 17.8 Å². The number of aryl methyl sites for hydroxylation is 1. The Morgan fingerprint density at radius 2 is 1.81 bits per heavy atom. The molecule has 36 heavy (non-hydrogen) atoms. The van der Waals surface area contributed by atoms with Crippen LogP contribution in [0.1, 0.15) is 22.3 Å². The minimum absolute atomic E-state index is 0.132. The predicted octanol–water partition coefficient (Wildman–Crippen LogP) is 4.88. The van der Waals surface area contributed by atoms with E-state index in [0.29, 0.717) is 43.9 Å². The zero-order valence-corrected chi connectivity index (χ0v) is 21.0. The van der Waals surface area contributed by atoms with Gasteiger partial charge in [0.1, 0.15) is 12.2 Å². The molecule has 4 amide bonds. The number of barbiturate groups is 1. The summed E-state index contributed by atoms with van der Waals surface area (Å²) < 4.78 is 11.9. The summed E-state index contributed by atoms with van der Waals surface area (Å²) in [7, 11) is 1.46. The van der Waals surface area contributed by atoms with Crippen molar-refractivity contribution in [2.45, 2.75) is 13.5 Å². The molecule has 0 saturated carbocycles. The molecule has 1 N–H and O–H groups in total. The SMILES string of the molecule is COc1cc(/C=C2\C(=O)NC(=O)N(c3ccccc3C)C2=O)cc(Br)c1OCc1ccccc1C#N. The average molecular weight is 546 g/mol. The first-order valence-electron chi connectivity index (χ1n) is 10.8. The molecule has 3 aromatic rings. The molecule has 0 aromatic heterocycles. The number of hydrogen-bond acceptors (Lipinski definition) is 6. The number of nitrogens with one attached hydrogen (secondary N) is 1. The summed E-state index contributed by atoms with van der Waals surface area (Å²) in [5, 5.41) is 11.5. The lowest BCUT2D eigenvalue weighted by Gasteiger charge is -2.27. The largest absolute Gasteiger partial charge is 0.493 e. The fraction of sp³-hybridized carbons (Fsp3) is 0.111. The molecule has 1 aliphatic rings. The van der Waals surface area contributed by atoms with Crippen LogP contribution >= 0.6 is 15.9 Å². The smallest absolute Gasteiger partial charge is 0.335 e. The van der Waals surface area contributed by atoms with E-state index in [4.69, 9.17) is 9.47 Å². The van der Waals surface area contributed by atoms with Gasteiger partial charge < -0.3 is 9.47 Å². The lowest BCUT2D eigenvalue weighted by Crippen LogP contribution is -2.54. The van der Waals surface area contributed by atoms with Crippen LogP contribution in [0.4, 0.5) is 10.5 Å². The second-order valence-electron chi connectivity index (χ2n) is 7.84. The van der Waals surface area contributed by atoms with Gasteiger partial charge in [0.2, 0.25) is 0 Å². The van der Waals surface area contributed by atoms with Crippen LogP contribution in [0.5, 0.6) is 11.5 Å². The number of carbonyl (C=O) groups is 3. The van der Waals surface area contributed by atoms with Crippen LogP contribution in [0, 0.1) is 18.3 Å². The van der Waals surface area contributed by atoms with E-state index in [1.165, 1.54) is 13.2 Å². The van der Waals surface area contributed by atoms with Gasteiger partial charge >= 0.3 is 6.03 Å². The summed E-state index contributed by atoms with van der Waals surface area (Å²) >= 11 is 3.46. The highest BCUT2D eigenvalue weighted by Gasteiger charge is 2.37. The number of benzene rings is 3. The van der Waals surface area contributed by atoms with Gasteiger partial charge in [-0.3, -0.25) is 14.9 Å². The molecule has 1 fully saturated rings. The van der Waals surface area contributed by atoms with E-state index in [-0.39, 0.29) is 12.2 Å². The first-order valence-corrected chi connectivity index (χ1v) is 11.6. The Morgan fingerprint density at radius 3 is 2.53 bits per heavy atom. The first kappa shape index (κ1) is 24.7. The molecule has 8 nitrogen and oxygen atoms in total. The Bertz CT molecular complexity index is 1460. The van der Waals surface area contributed by atoms with Crippen LogP contribution in [0.15, 0.2) is 70.7 Å². The van der Waals surface area contributed by atoms with Crippen LogP contribution in [0.3, 0.4) is 0 Å². The molecule has 1 saturated heterocycles. The minimum Gasteiger partial charge on any atom is -0.493 e. The number of carbonyl (C=O) groups excluding carboxylic acids is 3. The number of urea groups is 1. The van der Waals surface area contributed by atoms with Gasteiger partial charge in [-0.2, -0.15) is 5.26 Å². The molecule has 0 bridgehead atoms. The van der Waals surface area contributed by atoms with E-state index in [0.717, 1.165) is 4.90 Å². The quantitative estimate of drug-likeness (QED) is 0.349. The standard InChI is InChI=1S/C27H20BrN3O5/c1-16-7-3-6-10-22(16)31-26(33)20(25(32)30-27(31)34)11-17-12-21(28)24(23(13-17)35-2)36-15-19-9-5-4-8-18(19)14-29/h3-13H,15H2,1-2H3,(H,30,32,34)/b20-11+. The van der Waals surface area contributed by atoms with E-state index in [9.17, 15) is 19.6 Å². The third-order valence-electron chi connectivity index (χ3n) is 5.53. The van der Waals surface area contributed by atoms with Crippen LogP contribution in [-0.2, 0) is 16.2 Å². The second kappa shape index (κ2) is 10.5. The zero-order valence-electron chi connectivity index (χ0n) is 19.4. The van der Waals surface area contributed by atoms with Crippen LogP contribution in [0.2, 0.25) is 0 Å². The number of nitrogens with zero attached hydrogens (tertiary/aromatic N) is 2. The third kappa shape index (κ3) is 4.85. The van der Waals surface area contributed by atoms with Gasteiger partial charge in [0, 0.05) is 5.56 Å². The molecule has 0 aliphatic carbocycles. The van der Waals surface area contributed by atoms with Gasteiger partial charge in [-0.25, -0.2) is 9.69 Å². The molecule has 0 spiro atoms. The van der Waals surface area contributed by atoms with Crippen molar-refractivity contribution >= 4 is 45.5 Å². The molecular formula is C27H20BrN3O5. The Balaban J connectivity index is 1.66. The van der Waals surface area contributed by atoms with Crippen molar-refractivity contribution in [3.63, 3.8) is 0 Å². The van der Waals surface area contributed by atoms with Crippen molar-refractivity contribution in [3.05, 3.63) is 93.0 Å². The minimum atomic E-state index is -0.809. The zero-order chi connectivity index (χ0) is 25.8. The van der Waals surface area contributed by atoms with Gasteiger partial charge in [0.15, 0.2) is 11.5 Å². The topological polar surface area (TPSA) is 109 Å². The van der Waals surface area contributed by atoms with Crippen molar-refractivity contribution in [2.75, 3.05) is 12.0 Å². The molecule has 0 atom stereocenters. The van der Waals surface area contributed by atoms with Crippen molar-refractivity contribution in [1.29, 1.82) is 5.26 Å². The number of imide groups is 2. The maximum atomic E-state index is 13.2. The third-order valence-corrected chi connectivity index (χ3v) is 6.12. The molecule has 3 aromatic carbocycles. The maximum absolute atomic E-state index is 13.2. The lowest BCUT2D eigenvalue weighted by atomic mass is 10.1. The molecule has 4 rings (SSSR count). The Labute approximate surface area is 215 Å². The van der Waals surface area contributed by atoms with Crippen LogP contribution in [-0.4, -0.2) is 25.0 Å². The van der Waals surface area contributed by atoms with Gasteiger partial charge in [-0.05, 0) is 64.3 Å². The number of amides is 4. The fourth-order valence-corrected chi connectivity index (χ4v) is 4.30. The summed E-state index contributed by atoms with van der Waals surface area (Å²) in [6, 6.07) is 18.6. The van der Waals surface area contributed by atoms with Crippen LogP contribution in [0.25, 0.3) is 6.08 Å². The number of methoxy groups -OCH3 is 1. The Kier molecular flexibility index (Phi) is 7.17. The summed E-state index contributed by atoms with van der Waals surface area (Å²) in [4.78, 5) is 39.2. The summed E-state index contributed by atoms with van der Waals surface area (Å²) in [6.45, 7) is 1.90. The number of anilines is 1. The highest BCUT2D eigenvalue weighted by Crippen LogP contribution is 2.38.